The topological polar surface area (TPSA) is 83.7 Å². The number of para-hydroxylation sites is 1. The highest BCUT2D eigenvalue weighted by Gasteiger charge is 2.07. The van der Waals surface area contributed by atoms with Crippen LogP contribution in [0, 0.1) is 0 Å². The van der Waals surface area contributed by atoms with Gasteiger partial charge in [-0.05, 0) is 11.6 Å². The maximum Gasteiger partial charge on any atom is 0.248 e. The van der Waals surface area contributed by atoms with E-state index in [0.717, 1.165) is 16.5 Å². The molecule has 2 N–H and O–H groups in total. The maximum atomic E-state index is 11.7. The number of thioether (sulfide) groups is 1. The minimum atomic E-state index is -0.0978. The van der Waals surface area contributed by atoms with Gasteiger partial charge in [0.1, 0.15) is 6.61 Å². The van der Waals surface area contributed by atoms with E-state index in [2.05, 4.69) is 20.2 Å². The molecule has 0 radical (unpaired) electrons. The summed E-state index contributed by atoms with van der Waals surface area (Å²) in [6.07, 6.45) is 0. The number of ether oxygens (including phenoxy) is 1. The molecule has 0 atom stereocenters. The summed E-state index contributed by atoms with van der Waals surface area (Å²) in [5.74, 6) is 1.32. The predicted molar refractivity (Wildman–Crippen MR) is 81.2 cm³/mol. The first-order valence-electron chi connectivity index (χ1n) is 6.40. The molecular weight excluding hydrogens is 288 g/mol. The summed E-state index contributed by atoms with van der Waals surface area (Å²) in [7, 11) is 1.61. The van der Waals surface area contributed by atoms with Gasteiger partial charge in [0, 0.05) is 29.8 Å². The number of hydrogen-bond donors (Lipinski definition) is 2. The lowest BCUT2D eigenvalue weighted by Crippen LogP contribution is -2.05. The normalized spacial score (nSPS) is 11.1. The summed E-state index contributed by atoms with van der Waals surface area (Å²) in [4.78, 5) is 18.8. The van der Waals surface area contributed by atoms with Gasteiger partial charge in [0.15, 0.2) is 5.82 Å². The van der Waals surface area contributed by atoms with Crippen LogP contribution in [0.4, 0.5) is 0 Å². The van der Waals surface area contributed by atoms with Crippen molar-refractivity contribution in [2.75, 3.05) is 7.11 Å². The zero-order valence-corrected chi connectivity index (χ0v) is 12.2. The number of fused-ring (bicyclic) bond motifs is 1. The lowest BCUT2D eigenvalue weighted by atomic mass is 10.1. The number of rotatable bonds is 5. The number of benzene rings is 1. The lowest BCUT2D eigenvalue weighted by Gasteiger charge is -2.04. The molecule has 0 fully saturated rings. The number of nitrogens with one attached hydrogen (secondary N) is 2. The Bertz CT molecular complexity index is 812. The zero-order valence-electron chi connectivity index (χ0n) is 11.4. The van der Waals surface area contributed by atoms with Crippen LogP contribution in [-0.4, -0.2) is 27.3 Å². The van der Waals surface area contributed by atoms with E-state index in [1.54, 1.807) is 13.2 Å². The monoisotopic (exact) mass is 302 g/mol. The van der Waals surface area contributed by atoms with Gasteiger partial charge in [0.25, 0.3) is 0 Å². The third-order valence-electron chi connectivity index (χ3n) is 2.99. The Morgan fingerprint density at radius 2 is 2.19 bits per heavy atom. The van der Waals surface area contributed by atoms with E-state index >= 15 is 0 Å². The Hall–Kier alpha value is -2.12. The van der Waals surface area contributed by atoms with E-state index in [9.17, 15) is 4.79 Å². The summed E-state index contributed by atoms with van der Waals surface area (Å²) in [6, 6.07) is 9.38. The second-order valence-corrected chi connectivity index (χ2v) is 5.43. The average Bonchev–Trinajstić information content (AvgIpc) is 2.93. The molecule has 3 rings (SSSR count). The highest BCUT2D eigenvalue weighted by molar-refractivity contribution is 7.98. The fourth-order valence-corrected chi connectivity index (χ4v) is 2.89. The molecule has 0 saturated heterocycles. The van der Waals surface area contributed by atoms with Crippen molar-refractivity contribution in [3.8, 4) is 0 Å². The van der Waals surface area contributed by atoms with E-state index in [0.29, 0.717) is 23.3 Å². The van der Waals surface area contributed by atoms with E-state index in [1.165, 1.54) is 11.8 Å². The third-order valence-corrected chi connectivity index (χ3v) is 3.88. The molecule has 0 aliphatic heterocycles. The number of hydrogen-bond acceptors (Lipinski definition) is 5. The molecule has 3 aromatic rings. The highest BCUT2D eigenvalue weighted by Crippen LogP contribution is 2.23. The molecule has 21 heavy (non-hydrogen) atoms. The van der Waals surface area contributed by atoms with Gasteiger partial charge in [-0.1, -0.05) is 30.0 Å². The summed E-state index contributed by atoms with van der Waals surface area (Å²) in [5.41, 5.74) is 1.72. The Kier molecular flexibility index (Phi) is 4.03. The van der Waals surface area contributed by atoms with Crippen LogP contribution in [0.2, 0.25) is 0 Å². The van der Waals surface area contributed by atoms with Crippen molar-refractivity contribution >= 4 is 22.7 Å². The third kappa shape index (κ3) is 3.14. The fourth-order valence-electron chi connectivity index (χ4n) is 2.08. The molecule has 6 nitrogen and oxygen atoms in total. The largest absolute Gasteiger partial charge is 0.377 e. The molecule has 0 aliphatic rings. The van der Waals surface area contributed by atoms with Gasteiger partial charge in [-0.15, -0.1) is 5.10 Å². The minimum Gasteiger partial charge on any atom is -0.377 e. The van der Waals surface area contributed by atoms with Crippen LogP contribution >= 0.6 is 11.8 Å². The number of methoxy groups -OCH3 is 1. The van der Waals surface area contributed by atoms with Gasteiger partial charge >= 0.3 is 0 Å². The Morgan fingerprint density at radius 1 is 1.33 bits per heavy atom. The lowest BCUT2D eigenvalue weighted by molar-refractivity contribution is 0.178. The first-order valence-corrected chi connectivity index (χ1v) is 7.39. The molecule has 108 valence electrons. The van der Waals surface area contributed by atoms with Gasteiger partial charge in [0.2, 0.25) is 10.7 Å². The number of nitrogens with zero attached hydrogens (tertiary/aromatic N) is 2. The summed E-state index contributed by atoms with van der Waals surface area (Å²) >= 11 is 1.48. The molecule has 0 unspecified atom stereocenters. The van der Waals surface area contributed by atoms with Crippen molar-refractivity contribution in [1.29, 1.82) is 0 Å². The van der Waals surface area contributed by atoms with Crippen molar-refractivity contribution < 1.29 is 4.74 Å². The number of aromatic amines is 2. The fraction of sp³-hybridized carbons (Fsp3) is 0.214. The number of H-pyrrole nitrogens is 2. The molecule has 1 aromatic carbocycles. The van der Waals surface area contributed by atoms with E-state index in [1.807, 2.05) is 24.3 Å². The quantitative estimate of drug-likeness (QED) is 0.705. The molecule has 0 aliphatic carbocycles. The van der Waals surface area contributed by atoms with Crippen LogP contribution < -0.4 is 5.56 Å². The number of pyridine rings is 1. The minimum absolute atomic E-state index is 0.0978. The van der Waals surface area contributed by atoms with Crippen LogP contribution in [0.5, 0.6) is 0 Å². The smallest absolute Gasteiger partial charge is 0.248 e. The Morgan fingerprint density at radius 3 is 3.05 bits per heavy atom. The van der Waals surface area contributed by atoms with Gasteiger partial charge in [0.05, 0.1) is 0 Å². The second-order valence-electron chi connectivity index (χ2n) is 4.49. The summed E-state index contributed by atoms with van der Waals surface area (Å²) < 4.78 is 4.99. The summed E-state index contributed by atoms with van der Waals surface area (Å²) in [6.45, 7) is 0.404. The van der Waals surface area contributed by atoms with Crippen molar-refractivity contribution in [3.05, 3.63) is 52.1 Å². The molecule has 2 aromatic heterocycles. The van der Waals surface area contributed by atoms with Crippen LogP contribution in [-0.2, 0) is 17.1 Å². The van der Waals surface area contributed by atoms with Crippen LogP contribution in [0.1, 0.15) is 11.4 Å². The second kappa shape index (κ2) is 6.11. The van der Waals surface area contributed by atoms with E-state index in [-0.39, 0.29) is 5.56 Å². The molecule has 2 heterocycles. The molecule has 7 heteroatoms. The standard InChI is InChI=1S/C14H14N4O2S/c1-20-7-12-16-14(18-17-12)21-8-9-6-13(19)15-11-5-3-2-4-10(9)11/h2-6H,7-8H2,1H3,(H,15,19)(H,16,17,18). The number of aromatic nitrogens is 4. The summed E-state index contributed by atoms with van der Waals surface area (Å²) in [5, 5.41) is 8.61. The average molecular weight is 302 g/mol. The van der Waals surface area contributed by atoms with Crippen molar-refractivity contribution in [2.45, 2.75) is 17.5 Å². The van der Waals surface area contributed by atoms with Crippen molar-refractivity contribution in [2.24, 2.45) is 0 Å². The maximum absolute atomic E-state index is 11.7. The van der Waals surface area contributed by atoms with Crippen LogP contribution in [0.25, 0.3) is 10.9 Å². The van der Waals surface area contributed by atoms with Gasteiger partial charge in [-0.3, -0.25) is 9.89 Å². The molecule has 0 bridgehead atoms. The molecule has 0 saturated carbocycles. The Balaban J connectivity index is 1.82. The van der Waals surface area contributed by atoms with Crippen molar-refractivity contribution in [3.63, 3.8) is 0 Å². The highest BCUT2D eigenvalue weighted by atomic mass is 32.2. The molecular formula is C14H14N4O2S. The van der Waals surface area contributed by atoms with Crippen LogP contribution in [0.3, 0.4) is 0 Å². The van der Waals surface area contributed by atoms with Crippen molar-refractivity contribution in [1.82, 2.24) is 20.2 Å². The SMILES string of the molecule is COCc1nc(SCc2cc(=O)[nH]c3ccccc23)n[nH]1. The van der Waals surface area contributed by atoms with E-state index < -0.39 is 0 Å². The van der Waals surface area contributed by atoms with Gasteiger partial charge < -0.3 is 9.72 Å². The van der Waals surface area contributed by atoms with Gasteiger partial charge in [-0.2, -0.15) is 0 Å². The first-order chi connectivity index (χ1) is 10.3. The Labute approximate surface area is 124 Å². The van der Waals surface area contributed by atoms with E-state index in [4.69, 9.17) is 4.74 Å². The predicted octanol–water partition coefficient (Wildman–Crippen LogP) is 2.08. The first kappa shape index (κ1) is 13.8. The van der Waals surface area contributed by atoms with Crippen LogP contribution in [0.15, 0.2) is 40.3 Å². The molecule has 0 spiro atoms. The van der Waals surface area contributed by atoms with Gasteiger partial charge in [-0.25, -0.2) is 4.98 Å². The molecule has 0 amide bonds. The zero-order chi connectivity index (χ0) is 14.7.